The molecule has 2 aromatic carbocycles. The summed E-state index contributed by atoms with van der Waals surface area (Å²) in [4.78, 5) is 40.9. The van der Waals surface area contributed by atoms with Crippen molar-refractivity contribution < 1.29 is 32.2 Å². The SMILES string of the molecule is COCCn1cccc(N2C[C@@H](c3ccc(Cl)cc3)C(CNC(=O)c3ccc(OC(F)(F)F)cc3)C2=O)c1=O. The van der Waals surface area contributed by atoms with E-state index in [1.165, 1.54) is 28.7 Å². The van der Waals surface area contributed by atoms with Crippen molar-refractivity contribution in [1.29, 1.82) is 0 Å². The lowest BCUT2D eigenvalue weighted by atomic mass is 9.88. The van der Waals surface area contributed by atoms with Crippen molar-refractivity contribution in [3.8, 4) is 5.75 Å². The van der Waals surface area contributed by atoms with Crippen LogP contribution in [0.4, 0.5) is 18.9 Å². The molecule has 0 radical (unpaired) electrons. The molecule has 0 bridgehead atoms. The number of nitrogens with one attached hydrogen (secondary N) is 1. The van der Waals surface area contributed by atoms with E-state index in [-0.39, 0.29) is 41.7 Å². The second kappa shape index (κ2) is 11.9. The Hall–Kier alpha value is -3.83. The van der Waals surface area contributed by atoms with Crippen LogP contribution in [0.5, 0.6) is 5.75 Å². The van der Waals surface area contributed by atoms with Crippen LogP contribution in [0.15, 0.2) is 71.7 Å². The monoisotopic (exact) mass is 563 g/mol. The van der Waals surface area contributed by atoms with Gasteiger partial charge in [0.05, 0.1) is 12.5 Å². The number of pyridine rings is 1. The van der Waals surface area contributed by atoms with E-state index in [1.807, 2.05) is 0 Å². The number of aromatic nitrogens is 1. The standard InChI is InChI=1S/C27H25ClF3N3O5/c1-38-14-13-33-12-2-3-23(26(33)37)34-16-22(17-4-8-19(28)9-5-17)21(25(34)36)15-32-24(35)18-6-10-20(11-7-18)39-27(29,30)31/h2-12,21-22H,13-16H2,1H3,(H,32,35)/t21?,22-/m0/s1. The number of benzene rings is 2. The minimum absolute atomic E-state index is 0.0625. The normalized spacial score (nSPS) is 17.4. The van der Waals surface area contributed by atoms with Crippen LogP contribution in [0.25, 0.3) is 0 Å². The van der Waals surface area contributed by atoms with Gasteiger partial charge >= 0.3 is 6.36 Å². The van der Waals surface area contributed by atoms with E-state index in [4.69, 9.17) is 16.3 Å². The van der Waals surface area contributed by atoms with Crippen LogP contribution in [-0.2, 0) is 16.1 Å². The summed E-state index contributed by atoms with van der Waals surface area (Å²) in [5.74, 6) is -2.45. The van der Waals surface area contributed by atoms with E-state index in [0.29, 0.717) is 18.2 Å². The van der Waals surface area contributed by atoms with Gasteiger partial charge in [-0.1, -0.05) is 23.7 Å². The smallest absolute Gasteiger partial charge is 0.406 e. The highest BCUT2D eigenvalue weighted by Crippen LogP contribution is 2.36. The van der Waals surface area contributed by atoms with Crippen molar-refractivity contribution in [2.45, 2.75) is 18.8 Å². The Kier molecular flexibility index (Phi) is 8.61. The van der Waals surface area contributed by atoms with Gasteiger partial charge in [-0.05, 0) is 54.1 Å². The van der Waals surface area contributed by atoms with Gasteiger partial charge in [0.1, 0.15) is 11.4 Å². The second-order valence-electron chi connectivity index (χ2n) is 8.88. The molecule has 1 aromatic heterocycles. The van der Waals surface area contributed by atoms with Gasteiger partial charge in [0.2, 0.25) is 5.91 Å². The largest absolute Gasteiger partial charge is 0.573 e. The molecule has 1 aliphatic rings. The van der Waals surface area contributed by atoms with Gasteiger partial charge in [-0.3, -0.25) is 14.4 Å². The van der Waals surface area contributed by atoms with Crippen LogP contribution in [0.1, 0.15) is 21.8 Å². The summed E-state index contributed by atoms with van der Waals surface area (Å²) >= 11 is 6.04. The fourth-order valence-corrected chi connectivity index (χ4v) is 4.61. The van der Waals surface area contributed by atoms with E-state index in [1.54, 1.807) is 42.6 Å². The number of rotatable bonds is 9. The highest BCUT2D eigenvalue weighted by atomic mass is 35.5. The summed E-state index contributed by atoms with van der Waals surface area (Å²) in [7, 11) is 1.53. The van der Waals surface area contributed by atoms with Crippen molar-refractivity contribution in [1.82, 2.24) is 9.88 Å². The highest BCUT2D eigenvalue weighted by molar-refractivity contribution is 6.30. The van der Waals surface area contributed by atoms with Crippen molar-refractivity contribution in [3.05, 3.63) is 93.4 Å². The van der Waals surface area contributed by atoms with E-state index >= 15 is 0 Å². The number of hydrogen-bond donors (Lipinski definition) is 1. The molecule has 1 aliphatic heterocycles. The predicted molar refractivity (Wildman–Crippen MR) is 138 cm³/mol. The Bertz CT molecular complexity index is 1380. The second-order valence-corrected chi connectivity index (χ2v) is 9.32. The van der Waals surface area contributed by atoms with Gasteiger partial charge in [0.15, 0.2) is 0 Å². The number of hydrogen-bond acceptors (Lipinski definition) is 5. The molecule has 0 saturated carbocycles. The topological polar surface area (TPSA) is 89.9 Å². The van der Waals surface area contributed by atoms with E-state index < -0.39 is 23.9 Å². The number of carbonyl (C=O) groups is 2. The predicted octanol–water partition coefficient (Wildman–Crippen LogP) is 4.22. The number of methoxy groups -OCH3 is 1. The molecular formula is C27H25ClF3N3O5. The first-order valence-corrected chi connectivity index (χ1v) is 12.3. The average Bonchev–Trinajstić information content (AvgIpc) is 3.22. The average molecular weight is 564 g/mol. The fourth-order valence-electron chi connectivity index (χ4n) is 4.49. The summed E-state index contributed by atoms with van der Waals surface area (Å²) in [6.07, 6.45) is -3.23. The third kappa shape index (κ3) is 6.79. The van der Waals surface area contributed by atoms with Gasteiger partial charge in [0.25, 0.3) is 11.5 Å². The molecule has 3 aromatic rings. The molecule has 1 N–H and O–H groups in total. The summed E-state index contributed by atoms with van der Waals surface area (Å²) in [5, 5.41) is 3.22. The first-order chi connectivity index (χ1) is 18.6. The molecule has 1 unspecified atom stereocenters. The molecule has 0 aliphatic carbocycles. The Morgan fingerprint density at radius 2 is 1.77 bits per heavy atom. The lowest BCUT2D eigenvalue weighted by Crippen LogP contribution is -2.38. The Labute approximate surface area is 226 Å². The van der Waals surface area contributed by atoms with Crippen LogP contribution in [-0.4, -0.2) is 49.6 Å². The number of alkyl halides is 3. The van der Waals surface area contributed by atoms with Crippen LogP contribution in [0.3, 0.4) is 0 Å². The first-order valence-electron chi connectivity index (χ1n) is 12.0. The third-order valence-electron chi connectivity index (χ3n) is 6.41. The number of ether oxygens (including phenoxy) is 2. The first kappa shape index (κ1) is 28.2. The molecular weight excluding hydrogens is 539 g/mol. The molecule has 0 spiro atoms. The van der Waals surface area contributed by atoms with E-state index in [2.05, 4.69) is 10.1 Å². The molecule has 2 amide bonds. The zero-order chi connectivity index (χ0) is 28.2. The van der Waals surface area contributed by atoms with Crippen molar-refractivity contribution >= 4 is 29.1 Å². The molecule has 12 heteroatoms. The third-order valence-corrected chi connectivity index (χ3v) is 6.66. The van der Waals surface area contributed by atoms with Crippen LogP contribution >= 0.6 is 11.6 Å². The lowest BCUT2D eigenvalue weighted by molar-refractivity contribution is -0.274. The number of carbonyl (C=O) groups excluding carboxylic acids is 2. The van der Waals surface area contributed by atoms with Gasteiger partial charge in [-0.15, -0.1) is 13.2 Å². The van der Waals surface area contributed by atoms with Gasteiger partial charge < -0.3 is 24.3 Å². The van der Waals surface area contributed by atoms with Crippen molar-refractivity contribution in [2.24, 2.45) is 5.92 Å². The Morgan fingerprint density at radius 1 is 1.08 bits per heavy atom. The zero-order valence-electron chi connectivity index (χ0n) is 20.8. The maximum Gasteiger partial charge on any atom is 0.573 e. The molecule has 1 saturated heterocycles. The summed E-state index contributed by atoms with van der Waals surface area (Å²) in [6.45, 7) is 0.780. The highest BCUT2D eigenvalue weighted by Gasteiger charge is 2.42. The van der Waals surface area contributed by atoms with E-state index in [9.17, 15) is 27.6 Å². The minimum atomic E-state index is -4.85. The molecule has 2 heterocycles. The van der Waals surface area contributed by atoms with Crippen LogP contribution < -0.4 is 20.5 Å². The number of anilines is 1. The molecule has 2 atom stereocenters. The van der Waals surface area contributed by atoms with E-state index in [0.717, 1.165) is 17.7 Å². The Balaban J connectivity index is 1.55. The minimum Gasteiger partial charge on any atom is -0.406 e. The molecule has 39 heavy (non-hydrogen) atoms. The number of amides is 2. The zero-order valence-corrected chi connectivity index (χ0v) is 21.5. The van der Waals surface area contributed by atoms with Crippen molar-refractivity contribution in [3.63, 3.8) is 0 Å². The van der Waals surface area contributed by atoms with Crippen molar-refractivity contribution in [2.75, 3.05) is 31.7 Å². The summed E-state index contributed by atoms with van der Waals surface area (Å²) < 4.78 is 47.6. The van der Waals surface area contributed by atoms with Gasteiger partial charge in [-0.2, -0.15) is 0 Å². The number of halogens is 4. The maximum absolute atomic E-state index is 13.6. The molecule has 8 nitrogen and oxygen atoms in total. The quantitative estimate of drug-likeness (QED) is 0.421. The Morgan fingerprint density at radius 3 is 2.41 bits per heavy atom. The maximum atomic E-state index is 13.6. The van der Waals surface area contributed by atoms with Gasteiger partial charge in [-0.25, -0.2) is 0 Å². The van der Waals surface area contributed by atoms with Crippen LogP contribution in [0.2, 0.25) is 5.02 Å². The summed E-state index contributed by atoms with van der Waals surface area (Å²) in [5.41, 5.74) is 0.771. The summed E-state index contributed by atoms with van der Waals surface area (Å²) in [6, 6.07) is 14.7. The fraction of sp³-hybridized carbons (Fsp3) is 0.296. The lowest BCUT2D eigenvalue weighted by Gasteiger charge is -2.18. The van der Waals surface area contributed by atoms with Crippen LogP contribution in [0, 0.1) is 5.92 Å². The van der Waals surface area contributed by atoms with Gasteiger partial charge in [0, 0.05) is 49.4 Å². The molecule has 4 rings (SSSR count). The molecule has 1 fully saturated rings. The molecule has 206 valence electrons. The number of nitrogens with zero attached hydrogens (tertiary/aromatic N) is 2.